The molecule has 6 nitrogen and oxygen atoms in total. The van der Waals surface area contributed by atoms with Gasteiger partial charge in [-0.2, -0.15) is 0 Å². The van der Waals surface area contributed by atoms with Crippen LogP contribution in [0.15, 0.2) is 30.3 Å². The first-order valence-electron chi connectivity index (χ1n) is 8.33. The van der Waals surface area contributed by atoms with Gasteiger partial charge in [-0.25, -0.2) is 0 Å². The van der Waals surface area contributed by atoms with Gasteiger partial charge in [0, 0.05) is 13.5 Å². The molecule has 2 N–H and O–H groups in total. The number of rotatable bonds is 8. The predicted octanol–water partition coefficient (Wildman–Crippen LogP) is 1.24. The summed E-state index contributed by atoms with van der Waals surface area (Å²) in [4.78, 5) is 36.9. The second-order valence-electron chi connectivity index (χ2n) is 6.26. The smallest absolute Gasteiger partial charge is 0.242 e. The number of carbonyl (C=O) groups is 3. The first-order valence-corrected chi connectivity index (χ1v) is 8.33. The van der Waals surface area contributed by atoms with E-state index in [4.69, 9.17) is 0 Å². The van der Waals surface area contributed by atoms with E-state index in [-0.39, 0.29) is 36.9 Å². The molecule has 6 heteroatoms. The van der Waals surface area contributed by atoms with Crippen LogP contribution in [0.5, 0.6) is 0 Å². The van der Waals surface area contributed by atoms with Crippen molar-refractivity contribution in [1.29, 1.82) is 0 Å². The first kappa shape index (κ1) is 18.0. The molecular weight excluding hydrogens is 306 g/mol. The number of carbonyl (C=O) groups excluding carboxylic acids is 3. The molecule has 1 aromatic carbocycles. The third-order valence-corrected chi connectivity index (χ3v) is 4.16. The maximum Gasteiger partial charge on any atom is 0.242 e. The molecule has 1 aromatic rings. The normalized spacial score (nSPS) is 14.6. The van der Waals surface area contributed by atoms with Crippen LogP contribution in [0.2, 0.25) is 0 Å². The lowest BCUT2D eigenvalue weighted by molar-refractivity contribution is -0.134. The third-order valence-electron chi connectivity index (χ3n) is 4.16. The molecule has 24 heavy (non-hydrogen) atoms. The van der Waals surface area contributed by atoms with E-state index in [1.54, 1.807) is 0 Å². The molecule has 1 unspecified atom stereocenters. The zero-order chi connectivity index (χ0) is 17.5. The standard InChI is InChI=1S/C18H25N3O3/c1-13(16-6-4-3-5-7-16)21(12-15-8-9-15)18(24)11-20-17(23)10-19-14(2)22/h3-7,13,15H,8-12H2,1-2H3,(H,19,22)(H,20,23). The van der Waals surface area contributed by atoms with Crippen molar-refractivity contribution in [2.75, 3.05) is 19.6 Å². The van der Waals surface area contributed by atoms with Gasteiger partial charge in [-0.05, 0) is 31.2 Å². The van der Waals surface area contributed by atoms with Crippen molar-refractivity contribution < 1.29 is 14.4 Å². The molecule has 0 heterocycles. The van der Waals surface area contributed by atoms with E-state index in [2.05, 4.69) is 10.6 Å². The van der Waals surface area contributed by atoms with Gasteiger partial charge in [0.15, 0.2) is 0 Å². The summed E-state index contributed by atoms with van der Waals surface area (Å²) in [7, 11) is 0. The Hall–Kier alpha value is -2.37. The van der Waals surface area contributed by atoms with Crippen molar-refractivity contribution in [3.63, 3.8) is 0 Å². The van der Waals surface area contributed by atoms with Gasteiger partial charge >= 0.3 is 0 Å². The van der Waals surface area contributed by atoms with Gasteiger partial charge in [0.1, 0.15) is 0 Å². The zero-order valence-electron chi connectivity index (χ0n) is 14.2. The van der Waals surface area contributed by atoms with Crippen molar-refractivity contribution >= 4 is 17.7 Å². The Labute approximate surface area is 142 Å². The quantitative estimate of drug-likeness (QED) is 0.752. The molecule has 130 valence electrons. The van der Waals surface area contributed by atoms with Gasteiger partial charge in [-0.15, -0.1) is 0 Å². The lowest BCUT2D eigenvalue weighted by Crippen LogP contribution is -2.44. The Morgan fingerprint density at radius 1 is 1.12 bits per heavy atom. The Morgan fingerprint density at radius 3 is 2.38 bits per heavy atom. The minimum atomic E-state index is -0.364. The van der Waals surface area contributed by atoms with Crippen molar-refractivity contribution in [3.8, 4) is 0 Å². The first-order chi connectivity index (χ1) is 11.5. The van der Waals surface area contributed by atoms with E-state index in [0.717, 1.165) is 24.9 Å². The van der Waals surface area contributed by atoms with Crippen molar-refractivity contribution in [2.24, 2.45) is 5.92 Å². The molecule has 3 amide bonds. The van der Waals surface area contributed by atoms with Crippen LogP contribution in [0, 0.1) is 5.92 Å². The van der Waals surface area contributed by atoms with Gasteiger partial charge in [0.25, 0.3) is 0 Å². The molecule has 0 aliphatic heterocycles. The molecule has 0 aromatic heterocycles. The summed E-state index contributed by atoms with van der Waals surface area (Å²) in [6.07, 6.45) is 2.31. The summed E-state index contributed by atoms with van der Waals surface area (Å²) >= 11 is 0. The summed E-state index contributed by atoms with van der Waals surface area (Å²) in [5, 5.41) is 4.99. The van der Waals surface area contributed by atoms with E-state index < -0.39 is 0 Å². The topological polar surface area (TPSA) is 78.5 Å². The van der Waals surface area contributed by atoms with Crippen LogP contribution in [0.25, 0.3) is 0 Å². The molecule has 1 atom stereocenters. The third kappa shape index (κ3) is 5.68. The minimum Gasteiger partial charge on any atom is -0.347 e. The second kappa shape index (κ2) is 8.47. The van der Waals surface area contributed by atoms with Gasteiger partial charge in [0.2, 0.25) is 17.7 Å². The van der Waals surface area contributed by atoms with E-state index >= 15 is 0 Å². The van der Waals surface area contributed by atoms with Gasteiger partial charge in [0.05, 0.1) is 19.1 Å². The van der Waals surface area contributed by atoms with Gasteiger partial charge in [-0.3, -0.25) is 14.4 Å². The maximum absolute atomic E-state index is 12.6. The highest BCUT2D eigenvalue weighted by Gasteiger charge is 2.30. The molecule has 0 saturated heterocycles. The largest absolute Gasteiger partial charge is 0.347 e. The van der Waals surface area contributed by atoms with Crippen LogP contribution in [-0.2, 0) is 14.4 Å². The Kier molecular flexibility index (Phi) is 6.35. The minimum absolute atomic E-state index is 0.0356. The van der Waals surface area contributed by atoms with Gasteiger partial charge in [-0.1, -0.05) is 30.3 Å². The van der Waals surface area contributed by atoms with Crippen LogP contribution in [0.4, 0.5) is 0 Å². The Bertz CT molecular complexity index is 584. The lowest BCUT2D eigenvalue weighted by Gasteiger charge is -2.30. The van der Waals surface area contributed by atoms with Crippen LogP contribution in [0.1, 0.15) is 38.3 Å². The fourth-order valence-electron chi connectivity index (χ4n) is 2.51. The molecule has 1 aliphatic carbocycles. The predicted molar refractivity (Wildman–Crippen MR) is 91.0 cm³/mol. The second-order valence-corrected chi connectivity index (χ2v) is 6.26. The lowest BCUT2D eigenvalue weighted by atomic mass is 10.1. The fourth-order valence-corrected chi connectivity index (χ4v) is 2.51. The van der Waals surface area contributed by atoms with Crippen LogP contribution in [0.3, 0.4) is 0 Å². The fraction of sp³-hybridized carbons (Fsp3) is 0.500. The molecule has 0 spiro atoms. The van der Waals surface area contributed by atoms with Crippen molar-refractivity contribution in [3.05, 3.63) is 35.9 Å². The highest BCUT2D eigenvalue weighted by atomic mass is 16.2. The number of hydrogen-bond donors (Lipinski definition) is 2. The molecule has 0 bridgehead atoms. The number of benzene rings is 1. The number of nitrogens with zero attached hydrogens (tertiary/aromatic N) is 1. The highest BCUT2D eigenvalue weighted by molar-refractivity contribution is 5.87. The van der Waals surface area contributed by atoms with Crippen molar-refractivity contribution in [2.45, 2.75) is 32.7 Å². The maximum atomic E-state index is 12.6. The van der Waals surface area contributed by atoms with Crippen LogP contribution in [-0.4, -0.2) is 42.3 Å². The summed E-state index contributed by atoms with van der Waals surface area (Å²) in [6.45, 7) is 3.91. The number of amides is 3. The summed E-state index contributed by atoms with van der Waals surface area (Å²) in [6, 6.07) is 9.85. The number of hydrogen-bond acceptors (Lipinski definition) is 3. The zero-order valence-corrected chi connectivity index (χ0v) is 14.2. The van der Waals surface area contributed by atoms with E-state index in [1.165, 1.54) is 6.92 Å². The van der Waals surface area contributed by atoms with E-state index in [1.807, 2.05) is 42.2 Å². The SMILES string of the molecule is CC(=O)NCC(=O)NCC(=O)N(CC1CC1)C(C)c1ccccc1. The van der Waals surface area contributed by atoms with Crippen LogP contribution >= 0.6 is 0 Å². The Balaban J connectivity index is 1.92. The molecule has 1 saturated carbocycles. The number of nitrogens with one attached hydrogen (secondary N) is 2. The molecule has 1 aliphatic rings. The summed E-state index contributed by atoms with van der Waals surface area (Å²) < 4.78 is 0. The van der Waals surface area contributed by atoms with E-state index in [9.17, 15) is 14.4 Å². The molecule has 1 fully saturated rings. The van der Waals surface area contributed by atoms with E-state index in [0.29, 0.717) is 5.92 Å². The average molecular weight is 331 g/mol. The Morgan fingerprint density at radius 2 is 1.79 bits per heavy atom. The molecular formula is C18H25N3O3. The van der Waals surface area contributed by atoms with Crippen LogP contribution < -0.4 is 10.6 Å². The van der Waals surface area contributed by atoms with Gasteiger partial charge < -0.3 is 15.5 Å². The molecule has 0 radical (unpaired) electrons. The average Bonchev–Trinajstić information content (AvgIpc) is 3.40. The molecule has 2 rings (SSSR count). The highest BCUT2D eigenvalue weighted by Crippen LogP contribution is 2.32. The summed E-state index contributed by atoms with van der Waals surface area (Å²) in [5.74, 6) is -0.175. The monoisotopic (exact) mass is 331 g/mol. The van der Waals surface area contributed by atoms with Crippen molar-refractivity contribution in [1.82, 2.24) is 15.5 Å². The summed E-state index contributed by atoms with van der Waals surface area (Å²) in [5.41, 5.74) is 1.08.